The summed E-state index contributed by atoms with van der Waals surface area (Å²) in [5, 5.41) is 4.10. The number of hydrogen-bond donors (Lipinski definition) is 1. The second kappa shape index (κ2) is 4.94. The number of alkyl halides is 2. The zero-order chi connectivity index (χ0) is 15.0. The van der Waals surface area contributed by atoms with Crippen LogP contribution in [-0.4, -0.2) is 38.8 Å². The summed E-state index contributed by atoms with van der Waals surface area (Å²) in [6.45, 7) is 0.469. The van der Waals surface area contributed by atoms with Crippen LogP contribution in [0.1, 0.15) is 12.8 Å². The third-order valence-corrected chi connectivity index (χ3v) is 3.55. The lowest BCUT2D eigenvalue weighted by Gasteiger charge is -2.33. The normalized spacial score (nSPS) is 18.0. The molecule has 21 heavy (non-hydrogen) atoms. The van der Waals surface area contributed by atoms with Gasteiger partial charge in [-0.2, -0.15) is 5.10 Å². The van der Waals surface area contributed by atoms with Gasteiger partial charge in [-0.3, -0.25) is 4.68 Å². The van der Waals surface area contributed by atoms with Crippen LogP contribution in [0.25, 0.3) is 11.3 Å². The van der Waals surface area contributed by atoms with Gasteiger partial charge in [0.25, 0.3) is 5.92 Å². The molecule has 0 atom stereocenters. The maximum atomic E-state index is 13.3. The Balaban J connectivity index is 1.96. The van der Waals surface area contributed by atoms with Gasteiger partial charge in [0.2, 0.25) is 0 Å². The molecule has 1 aliphatic rings. The Bertz CT molecular complexity index is 644. The van der Waals surface area contributed by atoms with Crippen LogP contribution >= 0.6 is 0 Å². The second-order valence-electron chi connectivity index (χ2n) is 5.21. The topological polar surface area (TPSA) is 72.9 Å². The fourth-order valence-electron chi connectivity index (χ4n) is 2.41. The number of nitrogen functional groups attached to an aromatic ring is 1. The number of piperidine rings is 1. The molecule has 0 aromatic carbocycles. The molecule has 2 aromatic rings. The average molecular weight is 294 g/mol. The van der Waals surface area contributed by atoms with Crippen LogP contribution in [0.2, 0.25) is 0 Å². The summed E-state index contributed by atoms with van der Waals surface area (Å²) in [6, 6.07) is 0. The van der Waals surface area contributed by atoms with Crippen molar-refractivity contribution in [3.63, 3.8) is 0 Å². The van der Waals surface area contributed by atoms with Crippen LogP contribution in [0.5, 0.6) is 0 Å². The number of nitrogens with two attached hydrogens (primary N) is 1. The largest absolute Gasteiger partial charge is 0.382 e. The molecular formula is C13H16F2N6. The molecule has 0 unspecified atom stereocenters. The molecule has 1 aliphatic heterocycles. The van der Waals surface area contributed by atoms with Gasteiger partial charge >= 0.3 is 0 Å². The Morgan fingerprint density at radius 2 is 1.95 bits per heavy atom. The van der Waals surface area contributed by atoms with Crippen molar-refractivity contribution in [2.24, 2.45) is 7.05 Å². The lowest BCUT2D eigenvalue weighted by atomic mass is 10.1. The number of aryl methyl sites for hydroxylation is 1. The molecule has 0 amide bonds. The fraction of sp³-hybridized carbons (Fsp3) is 0.462. The maximum Gasteiger partial charge on any atom is 0.251 e. The number of rotatable bonds is 2. The third kappa shape index (κ3) is 2.79. The minimum absolute atomic E-state index is 0.185. The minimum Gasteiger partial charge on any atom is -0.382 e. The minimum atomic E-state index is -2.60. The molecule has 1 fully saturated rings. The summed E-state index contributed by atoms with van der Waals surface area (Å²) in [6.07, 6.45) is 4.57. The Hall–Kier alpha value is -2.25. The molecule has 3 rings (SSSR count). The van der Waals surface area contributed by atoms with Gasteiger partial charge in [-0.05, 0) is 0 Å². The molecule has 0 radical (unpaired) electrons. The summed E-state index contributed by atoms with van der Waals surface area (Å²) < 4.78 is 28.3. The molecule has 2 N–H and O–H groups in total. The Kier molecular flexibility index (Phi) is 3.23. The lowest BCUT2D eigenvalue weighted by Crippen LogP contribution is -2.40. The Labute approximate surface area is 120 Å². The van der Waals surface area contributed by atoms with Gasteiger partial charge in [0.15, 0.2) is 5.82 Å². The van der Waals surface area contributed by atoms with E-state index in [2.05, 4.69) is 15.1 Å². The summed E-state index contributed by atoms with van der Waals surface area (Å²) in [5.74, 6) is -1.79. The van der Waals surface area contributed by atoms with Gasteiger partial charge in [-0.15, -0.1) is 0 Å². The van der Waals surface area contributed by atoms with Crippen LogP contribution in [0.3, 0.4) is 0 Å². The van der Waals surface area contributed by atoms with Gasteiger partial charge in [0.05, 0.1) is 12.4 Å². The highest BCUT2D eigenvalue weighted by Gasteiger charge is 2.35. The quantitative estimate of drug-likeness (QED) is 0.912. The number of anilines is 2. The van der Waals surface area contributed by atoms with Crippen molar-refractivity contribution in [1.82, 2.24) is 19.7 Å². The van der Waals surface area contributed by atoms with Crippen molar-refractivity contribution in [3.8, 4) is 11.3 Å². The standard InChI is InChI=1S/C13H16F2N6/c1-20-8-9(6-18-20)11-12(19-10(16)7-17-11)21-4-2-13(14,15)3-5-21/h6-8H,2-5H2,1H3,(H2,16,19). The number of hydrogen-bond acceptors (Lipinski definition) is 5. The van der Waals surface area contributed by atoms with E-state index in [0.29, 0.717) is 11.5 Å². The predicted octanol–water partition coefficient (Wildman–Crippen LogP) is 1.69. The van der Waals surface area contributed by atoms with Gasteiger partial charge in [0.1, 0.15) is 11.5 Å². The van der Waals surface area contributed by atoms with Crippen LogP contribution in [0.15, 0.2) is 18.6 Å². The molecule has 1 saturated heterocycles. The second-order valence-corrected chi connectivity index (χ2v) is 5.21. The fourth-order valence-corrected chi connectivity index (χ4v) is 2.41. The van der Waals surface area contributed by atoms with Crippen LogP contribution in [0, 0.1) is 0 Å². The van der Waals surface area contributed by atoms with Crippen molar-refractivity contribution >= 4 is 11.6 Å². The van der Waals surface area contributed by atoms with E-state index >= 15 is 0 Å². The first-order valence-electron chi connectivity index (χ1n) is 6.69. The molecule has 3 heterocycles. The van der Waals surface area contributed by atoms with Gasteiger partial charge in [-0.1, -0.05) is 0 Å². The first kappa shape index (κ1) is 13.7. The maximum absolute atomic E-state index is 13.3. The summed E-state index contributed by atoms with van der Waals surface area (Å²) in [5.41, 5.74) is 7.10. The van der Waals surface area contributed by atoms with Crippen molar-refractivity contribution < 1.29 is 8.78 Å². The molecule has 0 aliphatic carbocycles. The zero-order valence-electron chi connectivity index (χ0n) is 11.6. The molecular weight excluding hydrogens is 278 g/mol. The van der Waals surface area contributed by atoms with Gasteiger partial charge in [-0.25, -0.2) is 18.7 Å². The van der Waals surface area contributed by atoms with Crippen LogP contribution in [0.4, 0.5) is 20.4 Å². The predicted molar refractivity (Wildman–Crippen MR) is 75.0 cm³/mol. The summed E-state index contributed by atoms with van der Waals surface area (Å²) in [4.78, 5) is 10.4. The van der Waals surface area contributed by atoms with E-state index in [4.69, 9.17) is 5.73 Å². The first-order valence-corrected chi connectivity index (χ1v) is 6.69. The first-order chi connectivity index (χ1) is 9.94. The van der Waals surface area contributed by atoms with Crippen LogP contribution < -0.4 is 10.6 Å². The lowest BCUT2D eigenvalue weighted by molar-refractivity contribution is -0.0221. The average Bonchev–Trinajstić information content (AvgIpc) is 2.85. The Morgan fingerprint density at radius 1 is 1.24 bits per heavy atom. The van der Waals surface area contributed by atoms with E-state index in [9.17, 15) is 8.78 Å². The molecule has 8 heteroatoms. The zero-order valence-corrected chi connectivity index (χ0v) is 11.6. The smallest absolute Gasteiger partial charge is 0.251 e. The number of halogens is 2. The van der Waals surface area contributed by atoms with Gasteiger partial charge < -0.3 is 10.6 Å². The molecule has 0 bridgehead atoms. The van der Waals surface area contributed by atoms with E-state index in [0.717, 1.165) is 5.56 Å². The molecule has 2 aromatic heterocycles. The number of aromatic nitrogens is 4. The van der Waals surface area contributed by atoms with Crippen molar-refractivity contribution in [3.05, 3.63) is 18.6 Å². The molecule has 112 valence electrons. The summed E-state index contributed by atoms with van der Waals surface area (Å²) >= 11 is 0. The SMILES string of the molecule is Cn1cc(-c2ncc(N)nc2N2CCC(F)(F)CC2)cn1. The highest BCUT2D eigenvalue weighted by atomic mass is 19.3. The van der Waals surface area contributed by atoms with E-state index < -0.39 is 5.92 Å². The van der Waals surface area contributed by atoms with Crippen molar-refractivity contribution in [1.29, 1.82) is 0 Å². The van der Waals surface area contributed by atoms with Gasteiger partial charge in [0, 0.05) is 44.7 Å². The van der Waals surface area contributed by atoms with Crippen LogP contribution in [-0.2, 0) is 7.05 Å². The Morgan fingerprint density at radius 3 is 2.57 bits per heavy atom. The van der Waals surface area contributed by atoms with E-state index in [1.165, 1.54) is 6.20 Å². The van der Waals surface area contributed by atoms with Crippen molar-refractivity contribution in [2.45, 2.75) is 18.8 Å². The highest BCUT2D eigenvalue weighted by molar-refractivity contribution is 5.72. The van der Waals surface area contributed by atoms with E-state index in [1.54, 1.807) is 17.9 Å². The van der Waals surface area contributed by atoms with E-state index in [1.807, 2.05) is 11.1 Å². The molecule has 0 saturated carbocycles. The highest BCUT2D eigenvalue weighted by Crippen LogP contribution is 2.33. The monoisotopic (exact) mass is 294 g/mol. The number of nitrogens with zero attached hydrogens (tertiary/aromatic N) is 5. The van der Waals surface area contributed by atoms with Crippen molar-refractivity contribution in [2.75, 3.05) is 23.7 Å². The molecule has 0 spiro atoms. The van der Waals surface area contributed by atoms with E-state index in [-0.39, 0.29) is 31.7 Å². The third-order valence-electron chi connectivity index (χ3n) is 3.55. The summed E-state index contributed by atoms with van der Waals surface area (Å²) in [7, 11) is 1.80. The molecule has 6 nitrogen and oxygen atoms in total.